The van der Waals surface area contributed by atoms with Crippen LogP contribution in [0.2, 0.25) is 0 Å². The lowest BCUT2D eigenvalue weighted by atomic mass is 9.95. The van der Waals surface area contributed by atoms with E-state index in [1.807, 2.05) is 6.92 Å². The second kappa shape index (κ2) is 4.06. The molecular weight excluding hydrogens is 180 g/mol. The molecule has 0 saturated carbocycles. The van der Waals surface area contributed by atoms with E-state index in [9.17, 15) is 0 Å². The van der Waals surface area contributed by atoms with Crippen LogP contribution in [0.15, 0.2) is 0 Å². The number of nitrogens with one attached hydrogen (secondary N) is 2. The normalized spacial score (nSPS) is 27.9. The molecule has 3 N–H and O–H groups in total. The summed E-state index contributed by atoms with van der Waals surface area (Å²) < 4.78 is 0. The molecule has 78 valence electrons. The third-order valence-electron chi connectivity index (χ3n) is 2.70. The SMILES string of the molecule is Cc1nc(C2CCC(CO)CN2)n[nH]1. The molecule has 1 aromatic rings. The summed E-state index contributed by atoms with van der Waals surface area (Å²) in [5, 5.41) is 19.3. The first-order valence-corrected chi connectivity index (χ1v) is 5.02. The fourth-order valence-corrected chi connectivity index (χ4v) is 1.81. The number of rotatable bonds is 2. The summed E-state index contributed by atoms with van der Waals surface area (Å²) in [5.41, 5.74) is 0. The van der Waals surface area contributed by atoms with E-state index in [0.29, 0.717) is 5.92 Å². The number of H-pyrrole nitrogens is 1. The van der Waals surface area contributed by atoms with Crippen molar-refractivity contribution < 1.29 is 5.11 Å². The molecule has 0 bridgehead atoms. The highest BCUT2D eigenvalue weighted by Crippen LogP contribution is 2.22. The van der Waals surface area contributed by atoms with Gasteiger partial charge < -0.3 is 10.4 Å². The molecule has 0 amide bonds. The van der Waals surface area contributed by atoms with Crippen molar-refractivity contribution in [3.63, 3.8) is 0 Å². The van der Waals surface area contributed by atoms with E-state index in [1.165, 1.54) is 0 Å². The predicted octanol–water partition coefficient (Wildman–Crippen LogP) is 0.146. The van der Waals surface area contributed by atoms with E-state index < -0.39 is 0 Å². The molecule has 1 aliphatic heterocycles. The molecule has 2 atom stereocenters. The standard InChI is InChI=1S/C9H16N4O/c1-6-11-9(13-12-6)8-3-2-7(5-14)4-10-8/h7-8,10,14H,2-5H2,1H3,(H,11,12,13). The smallest absolute Gasteiger partial charge is 0.167 e. The fourth-order valence-electron chi connectivity index (χ4n) is 1.81. The van der Waals surface area contributed by atoms with Gasteiger partial charge in [0, 0.05) is 13.2 Å². The largest absolute Gasteiger partial charge is 0.396 e. The maximum absolute atomic E-state index is 8.97. The van der Waals surface area contributed by atoms with Gasteiger partial charge in [-0.05, 0) is 25.7 Å². The van der Waals surface area contributed by atoms with Crippen LogP contribution in [0, 0.1) is 12.8 Å². The van der Waals surface area contributed by atoms with E-state index in [0.717, 1.165) is 31.0 Å². The van der Waals surface area contributed by atoms with Gasteiger partial charge in [-0.1, -0.05) is 0 Å². The lowest BCUT2D eigenvalue weighted by molar-refractivity contribution is 0.182. The first-order chi connectivity index (χ1) is 6.79. The van der Waals surface area contributed by atoms with Crippen LogP contribution in [-0.2, 0) is 0 Å². The van der Waals surface area contributed by atoms with Gasteiger partial charge >= 0.3 is 0 Å². The summed E-state index contributed by atoms with van der Waals surface area (Å²) in [6, 6.07) is 0.253. The first-order valence-electron chi connectivity index (χ1n) is 5.02. The quantitative estimate of drug-likeness (QED) is 0.629. The van der Waals surface area contributed by atoms with Crippen molar-refractivity contribution in [2.45, 2.75) is 25.8 Å². The molecule has 2 unspecified atom stereocenters. The zero-order valence-corrected chi connectivity index (χ0v) is 8.32. The predicted molar refractivity (Wildman–Crippen MR) is 51.7 cm³/mol. The number of hydrogen-bond acceptors (Lipinski definition) is 4. The maximum Gasteiger partial charge on any atom is 0.167 e. The monoisotopic (exact) mass is 196 g/mol. The molecule has 5 nitrogen and oxygen atoms in total. The number of aliphatic hydroxyl groups is 1. The van der Waals surface area contributed by atoms with Crippen molar-refractivity contribution in [3.05, 3.63) is 11.6 Å². The summed E-state index contributed by atoms with van der Waals surface area (Å²) >= 11 is 0. The van der Waals surface area contributed by atoms with Crippen molar-refractivity contribution in [3.8, 4) is 0 Å². The third-order valence-corrected chi connectivity index (χ3v) is 2.70. The second-order valence-electron chi connectivity index (χ2n) is 3.87. The Morgan fingerprint density at radius 3 is 2.86 bits per heavy atom. The number of piperidine rings is 1. The Morgan fingerprint density at radius 1 is 1.50 bits per heavy atom. The van der Waals surface area contributed by atoms with Crippen molar-refractivity contribution in [2.24, 2.45) is 5.92 Å². The van der Waals surface area contributed by atoms with Gasteiger partial charge in [0.05, 0.1) is 6.04 Å². The number of aromatic amines is 1. The molecule has 1 aliphatic rings. The van der Waals surface area contributed by atoms with Gasteiger partial charge in [-0.3, -0.25) is 5.10 Å². The number of aliphatic hydroxyl groups excluding tert-OH is 1. The van der Waals surface area contributed by atoms with Crippen molar-refractivity contribution in [1.82, 2.24) is 20.5 Å². The average Bonchev–Trinajstić information content (AvgIpc) is 2.65. The van der Waals surface area contributed by atoms with Crippen LogP contribution in [0.25, 0.3) is 0 Å². The molecule has 0 radical (unpaired) electrons. The molecule has 14 heavy (non-hydrogen) atoms. The van der Waals surface area contributed by atoms with E-state index >= 15 is 0 Å². The minimum Gasteiger partial charge on any atom is -0.396 e. The number of nitrogens with zero attached hydrogens (tertiary/aromatic N) is 2. The molecule has 0 aromatic carbocycles. The Hall–Kier alpha value is -0.940. The second-order valence-corrected chi connectivity index (χ2v) is 3.87. The van der Waals surface area contributed by atoms with Gasteiger partial charge in [0.15, 0.2) is 5.82 Å². The van der Waals surface area contributed by atoms with Crippen LogP contribution in [-0.4, -0.2) is 33.4 Å². The van der Waals surface area contributed by atoms with Crippen molar-refractivity contribution >= 4 is 0 Å². The van der Waals surface area contributed by atoms with Gasteiger partial charge in [-0.2, -0.15) is 5.10 Å². The number of aromatic nitrogens is 3. The Labute approximate surface area is 82.9 Å². The van der Waals surface area contributed by atoms with Gasteiger partial charge in [-0.15, -0.1) is 0 Å². The van der Waals surface area contributed by atoms with E-state index in [2.05, 4.69) is 20.5 Å². The molecule has 0 spiro atoms. The Kier molecular flexibility index (Phi) is 2.79. The van der Waals surface area contributed by atoms with Gasteiger partial charge in [0.25, 0.3) is 0 Å². The van der Waals surface area contributed by atoms with Gasteiger partial charge in [0.2, 0.25) is 0 Å². The maximum atomic E-state index is 8.97. The molecule has 0 aliphatic carbocycles. The summed E-state index contributed by atoms with van der Waals surface area (Å²) in [7, 11) is 0. The van der Waals surface area contributed by atoms with Crippen LogP contribution < -0.4 is 5.32 Å². The van der Waals surface area contributed by atoms with Crippen molar-refractivity contribution in [1.29, 1.82) is 0 Å². The van der Waals surface area contributed by atoms with Crippen LogP contribution >= 0.6 is 0 Å². The third kappa shape index (κ3) is 1.93. The highest BCUT2D eigenvalue weighted by Gasteiger charge is 2.23. The molecular formula is C9H16N4O. The van der Waals surface area contributed by atoms with E-state index in [1.54, 1.807) is 0 Å². The summed E-state index contributed by atoms with van der Waals surface area (Å²) in [6.45, 7) is 3.03. The average molecular weight is 196 g/mol. The Bertz CT molecular complexity index is 291. The topological polar surface area (TPSA) is 73.8 Å². The van der Waals surface area contributed by atoms with Gasteiger partial charge in [-0.25, -0.2) is 4.98 Å². The van der Waals surface area contributed by atoms with E-state index in [4.69, 9.17) is 5.11 Å². The lowest BCUT2D eigenvalue weighted by Gasteiger charge is -2.26. The van der Waals surface area contributed by atoms with Crippen LogP contribution in [0.3, 0.4) is 0 Å². The molecule has 1 fully saturated rings. The highest BCUT2D eigenvalue weighted by molar-refractivity contribution is 4.97. The molecule has 2 rings (SSSR count). The molecule has 1 saturated heterocycles. The lowest BCUT2D eigenvalue weighted by Crippen LogP contribution is -2.35. The zero-order chi connectivity index (χ0) is 9.97. The fraction of sp³-hybridized carbons (Fsp3) is 0.778. The summed E-state index contributed by atoms with van der Waals surface area (Å²) in [6.07, 6.45) is 2.05. The van der Waals surface area contributed by atoms with Crippen LogP contribution in [0.5, 0.6) is 0 Å². The number of hydrogen-bond donors (Lipinski definition) is 3. The van der Waals surface area contributed by atoms with Crippen LogP contribution in [0.1, 0.15) is 30.5 Å². The molecule has 1 aromatic heterocycles. The number of aryl methyl sites for hydroxylation is 1. The van der Waals surface area contributed by atoms with E-state index in [-0.39, 0.29) is 12.6 Å². The van der Waals surface area contributed by atoms with Gasteiger partial charge in [0.1, 0.15) is 5.82 Å². The Morgan fingerprint density at radius 2 is 2.36 bits per heavy atom. The van der Waals surface area contributed by atoms with Crippen molar-refractivity contribution in [2.75, 3.05) is 13.2 Å². The zero-order valence-electron chi connectivity index (χ0n) is 8.32. The van der Waals surface area contributed by atoms with Crippen LogP contribution in [0.4, 0.5) is 0 Å². The summed E-state index contributed by atoms with van der Waals surface area (Å²) in [4.78, 5) is 4.29. The minimum atomic E-state index is 0.253. The molecule has 5 heteroatoms. The first kappa shape index (κ1) is 9.61. The Balaban J connectivity index is 1.95. The highest BCUT2D eigenvalue weighted by atomic mass is 16.3. The molecule has 2 heterocycles. The minimum absolute atomic E-state index is 0.253. The summed E-state index contributed by atoms with van der Waals surface area (Å²) in [5.74, 6) is 2.09.